The monoisotopic (exact) mass is 772 g/mol. The highest BCUT2D eigenvalue weighted by Crippen LogP contribution is 2.40. The fraction of sp³-hybridized carbons (Fsp3) is 0.486. The first-order chi connectivity index (χ1) is 24.9. The summed E-state index contributed by atoms with van der Waals surface area (Å²) in [5, 5.41) is 6.51. The number of carbonyl (C=O) groups excluding carboxylic acids is 2. The molecule has 4 heterocycles. The van der Waals surface area contributed by atoms with Crippen LogP contribution in [0.3, 0.4) is 0 Å². The van der Waals surface area contributed by atoms with Crippen LogP contribution in [0.1, 0.15) is 69.6 Å². The summed E-state index contributed by atoms with van der Waals surface area (Å²) < 4.78 is 54.5. The lowest BCUT2D eigenvalue weighted by Crippen LogP contribution is -2.44. The number of piperidine rings is 1. The van der Waals surface area contributed by atoms with Crippen molar-refractivity contribution < 1.29 is 31.9 Å². The van der Waals surface area contributed by atoms with Crippen LogP contribution in [0.4, 0.5) is 23.8 Å². The number of anilines is 1. The Morgan fingerprint density at radius 2 is 1.87 bits per heavy atom. The van der Waals surface area contributed by atoms with Crippen molar-refractivity contribution in [3.63, 3.8) is 0 Å². The Kier molecular flexibility index (Phi) is 12.2. The van der Waals surface area contributed by atoms with Crippen molar-refractivity contribution in [1.82, 2.24) is 24.8 Å². The number of thiazole rings is 1. The number of aromatic nitrogens is 3. The number of nitrogens with one attached hydrogen (secondary N) is 2. The highest BCUT2D eigenvalue weighted by molar-refractivity contribution is 7.13. The van der Waals surface area contributed by atoms with Crippen LogP contribution in [0.25, 0.3) is 32.6 Å². The number of pyridine rings is 2. The number of fused-ring (bicyclic) bond motifs is 1. The summed E-state index contributed by atoms with van der Waals surface area (Å²) in [4.78, 5) is 50.0. The summed E-state index contributed by atoms with van der Waals surface area (Å²) >= 11 is 0.798. The fourth-order valence-corrected chi connectivity index (χ4v) is 7.96. The minimum Gasteiger partial charge on any atom is -0.462 e. The summed E-state index contributed by atoms with van der Waals surface area (Å²) in [5.74, 6) is -0.637. The van der Waals surface area contributed by atoms with Gasteiger partial charge in [-0.05, 0) is 75.1 Å². The maximum absolute atomic E-state index is 14.0. The Hall–Kier alpha value is -4.12. The van der Waals surface area contributed by atoms with Gasteiger partial charge in [0.25, 0.3) is 0 Å². The fourth-order valence-electron chi connectivity index (χ4n) is 6.07. The number of ether oxygens (including phenoxy) is 1. The normalized spacial score (nSPS) is 15.8. The number of likely N-dealkylation sites (tertiary alicyclic amines) is 1. The Labute approximate surface area is 312 Å². The minimum atomic E-state index is -4.66. The van der Waals surface area contributed by atoms with Crippen LogP contribution in [0.15, 0.2) is 46.8 Å². The highest BCUT2D eigenvalue weighted by Gasteiger charge is 2.37. The van der Waals surface area contributed by atoms with Gasteiger partial charge in [-0.15, -0.1) is 11.3 Å². The molecule has 0 radical (unpaired) electrons. The van der Waals surface area contributed by atoms with Gasteiger partial charge < -0.3 is 19.0 Å². The van der Waals surface area contributed by atoms with Crippen molar-refractivity contribution in [3.8, 4) is 21.7 Å². The smallest absolute Gasteiger partial charge is 0.434 e. The van der Waals surface area contributed by atoms with Crippen molar-refractivity contribution in [2.24, 2.45) is 0 Å². The molecule has 0 bridgehead atoms. The number of rotatable bonds is 11. The standard InChI is InChI=1S/C37H47F3N6O5SSi/c1-8-41-35(49)44-31-18-25(33-43-30(22-52-33)37(38,39)40)27(19-42-31)23-12-13-29-26(17-23)32(47)28(34(48)50-9-2)21-46(29)24-11-10-14-45(20-24)15-16-51-53(6,7)36(3,4)5/h12-13,17-19,21-22,24H,8-11,14-16,20H2,1-7H3,(H2,41,42,44,49)/t24-/m1/s1. The van der Waals surface area contributed by atoms with Crippen LogP contribution in [-0.2, 0) is 15.3 Å². The van der Waals surface area contributed by atoms with Crippen molar-refractivity contribution in [2.45, 2.75) is 77.8 Å². The molecule has 53 heavy (non-hydrogen) atoms. The van der Waals surface area contributed by atoms with Gasteiger partial charge in [0.2, 0.25) is 5.43 Å². The van der Waals surface area contributed by atoms with E-state index in [1.807, 2.05) is 4.57 Å². The lowest BCUT2D eigenvalue weighted by molar-refractivity contribution is -0.140. The predicted molar refractivity (Wildman–Crippen MR) is 204 cm³/mol. The molecule has 2 amide bonds. The third-order valence-electron chi connectivity index (χ3n) is 9.90. The largest absolute Gasteiger partial charge is 0.462 e. The van der Waals surface area contributed by atoms with Gasteiger partial charge in [-0.1, -0.05) is 26.8 Å². The summed E-state index contributed by atoms with van der Waals surface area (Å²) in [6.07, 6.45) is 0.0803. The van der Waals surface area contributed by atoms with Crippen LogP contribution in [0.2, 0.25) is 18.1 Å². The number of amides is 2. The molecule has 0 saturated carbocycles. The topological polar surface area (TPSA) is 128 Å². The molecular weight excluding hydrogens is 726 g/mol. The molecule has 2 N–H and O–H groups in total. The van der Waals surface area contributed by atoms with Crippen LogP contribution in [0, 0.1) is 0 Å². The van der Waals surface area contributed by atoms with E-state index in [2.05, 4.69) is 59.4 Å². The zero-order chi connectivity index (χ0) is 38.7. The molecule has 4 aromatic rings. The quantitative estimate of drug-likeness (QED) is 0.116. The zero-order valence-electron chi connectivity index (χ0n) is 31.1. The van der Waals surface area contributed by atoms with Crippen LogP contribution >= 0.6 is 11.3 Å². The van der Waals surface area contributed by atoms with Crippen LogP contribution in [0.5, 0.6) is 0 Å². The predicted octanol–water partition coefficient (Wildman–Crippen LogP) is 8.18. The van der Waals surface area contributed by atoms with E-state index in [-0.39, 0.29) is 45.0 Å². The van der Waals surface area contributed by atoms with E-state index < -0.39 is 37.6 Å². The molecule has 1 fully saturated rings. The molecule has 5 rings (SSSR count). The molecule has 0 aliphatic carbocycles. The van der Waals surface area contributed by atoms with Gasteiger partial charge in [0.05, 0.1) is 12.1 Å². The maximum atomic E-state index is 14.0. The molecular formula is C37H47F3N6O5SSi. The molecule has 3 aromatic heterocycles. The van der Waals surface area contributed by atoms with Crippen LogP contribution in [-0.4, -0.2) is 79.1 Å². The Balaban J connectivity index is 1.57. The summed E-state index contributed by atoms with van der Waals surface area (Å²) in [6, 6.07) is 6.04. The van der Waals surface area contributed by atoms with Gasteiger partial charge in [-0.25, -0.2) is 19.6 Å². The molecule has 1 aromatic carbocycles. The molecule has 1 aliphatic heterocycles. The van der Waals surface area contributed by atoms with Gasteiger partial charge in [-0.3, -0.25) is 15.0 Å². The number of carbonyl (C=O) groups is 2. The van der Waals surface area contributed by atoms with Crippen molar-refractivity contribution in [2.75, 3.05) is 44.7 Å². The van der Waals surface area contributed by atoms with E-state index >= 15 is 0 Å². The first kappa shape index (κ1) is 40.1. The lowest BCUT2D eigenvalue weighted by atomic mass is 9.98. The number of benzene rings is 1. The average Bonchev–Trinajstić information content (AvgIpc) is 3.60. The molecule has 1 atom stereocenters. The number of nitrogens with zero attached hydrogens (tertiary/aromatic N) is 4. The zero-order valence-corrected chi connectivity index (χ0v) is 33.0. The number of halogens is 3. The second-order valence-electron chi connectivity index (χ2n) is 14.6. The lowest BCUT2D eigenvalue weighted by Gasteiger charge is -2.38. The molecule has 1 aliphatic rings. The highest BCUT2D eigenvalue weighted by atomic mass is 32.1. The summed E-state index contributed by atoms with van der Waals surface area (Å²) in [7, 11) is -1.92. The molecule has 0 unspecified atom stereocenters. The number of esters is 1. The van der Waals surface area contributed by atoms with Gasteiger partial charge >= 0.3 is 18.2 Å². The molecule has 1 saturated heterocycles. The van der Waals surface area contributed by atoms with E-state index in [0.29, 0.717) is 36.3 Å². The summed E-state index contributed by atoms with van der Waals surface area (Å²) in [5.41, 5.74) is 0.0480. The first-order valence-electron chi connectivity index (χ1n) is 17.7. The van der Waals surface area contributed by atoms with Crippen molar-refractivity contribution in [3.05, 3.63) is 63.5 Å². The second-order valence-corrected chi connectivity index (χ2v) is 20.2. The van der Waals surface area contributed by atoms with Gasteiger partial charge in [0, 0.05) is 66.6 Å². The second kappa shape index (κ2) is 16.1. The van der Waals surface area contributed by atoms with Crippen molar-refractivity contribution in [1.29, 1.82) is 0 Å². The number of urea groups is 1. The van der Waals surface area contributed by atoms with E-state index in [1.165, 1.54) is 12.3 Å². The number of hydrogen-bond acceptors (Lipinski definition) is 9. The first-order valence-corrected chi connectivity index (χ1v) is 21.5. The SMILES string of the molecule is CCNC(=O)Nc1cc(-c2nc(C(F)(F)F)cs2)c(-c2ccc3c(c2)c(=O)c(C(=O)OCC)cn3[C@@H]2CCCN(CCO[Si](C)(C)C(C)(C)C)C2)cn1. The average molecular weight is 773 g/mol. The maximum Gasteiger partial charge on any atom is 0.434 e. The molecule has 11 nitrogen and oxygen atoms in total. The van der Waals surface area contributed by atoms with Gasteiger partial charge in [-0.2, -0.15) is 13.2 Å². The Bertz CT molecular complexity index is 2030. The molecule has 16 heteroatoms. The van der Waals surface area contributed by atoms with E-state index in [0.717, 1.165) is 42.6 Å². The van der Waals surface area contributed by atoms with E-state index in [9.17, 15) is 27.6 Å². The number of hydrogen-bond donors (Lipinski definition) is 2. The third kappa shape index (κ3) is 9.16. The van der Waals surface area contributed by atoms with E-state index in [4.69, 9.17) is 9.16 Å². The molecule has 286 valence electrons. The minimum absolute atomic E-state index is 0.0475. The van der Waals surface area contributed by atoms with Gasteiger partial charge in [0.15, 0.2) is 14.0 Å². The Morgan fingerprint density at radius 3 is 2.53 bits per heavy atom. The summed E-state index contributed by atoms with van der Waals surface area (Å²) in [6.45, 7) is 17.9. The molecule has 0 spiro atoms. The number of alkyl halides is 3. The van der Waals surface area contributed by atoms with E-state index in [1.54, 1.807) is 38.2 Å². The van der Waals surface area contributed by atoms with Crippen molar-refractivity contribution >= 4 is 48.4 Å². The Morgan fingerprint density at radius 1 is 1.11 bits per heavy atom. The third-order valence-corrected chi connectivity index (χ3v) is 15.3. The van der Waals surface area contributed by atoms with Crippen LogP contribution < -0.4 is 16.1 Å². The van der Waals surface area contributed by atoms with Gasteiger partial charge in [0.1, 0.15) is 16.4 Å².